The molecule has 1 aliphatic heterocycles. The second-order valence-electron chi connectivity index (χ2n) is 11.7. The lowest BCUT2D eigenvalue weighted by Gasteiger charge is -2.41. The average molecular weight is 682 g/mol. The minimum Gasteiger partial charge on any atom is -0.496 e. The van der Waals surface area contributed by atoms with Gasteiger partial charge >= 0.3 is 0 Å². The van der Waals surface area contributed by atoms with Crippen LogP contribution in [0.3, 0.4) is 0 Å². The molecule has 1 saturated heterocycles. The van der Waals surface area contributed by atoms with Gasteiger partial charge < -0.3 is 19.3 Å². The Morgan fingerprint density at radius 1 is 0.771 bits per heavy atom. The van der Waals surface area contributed by atoms with E-state index in [-0.39, 0.29) is 36.2 Å². The molecule has 7 nitrogen and oxygen atoms in total. The monoisotopic (exact) mass is 681 g/mol. The van der Waals surface area contributed by atoms with Crippen molar-refractivity contribution in [2.45, 2.75) is 48.4 Å². The molecule has 9 heteroatoms. The minimum atomic E-state index is -3.63. The quantitative estimate of drug-likeness (QED) is 0.129. The van der Waals surface area contributed by atoms with Gasteiger partial charge in [0.2, 0.25) is 10.0 Å². The van der Waals surface area contributed by atoms with E-state index in [0.717, 1.165) is 44.0 Å². The number of ether oxygens (including phenoxy) is 3. The van der Waals surface area contributed by atoms with E-state index in [4.69, 9.17) is 14.2 Å². The van der Waals surface area contributed by atoms with Crippen LogP contribution in [-0.2, 0) is 32.6 Å². The number of thioether (sulfide) groups is 1. The number of aliphatic hydroxyl groups excluding tert-OH is 1. The van der Waals surface area contributed by atoms with E-state index < -0.39 is 16.3 Å². The molecule has 4 unspecified atom stereocenters. The predicted molar refractivity (Wildman–Crippen MR) is 189 cm³/mol. The van der Waals surface area contributed by atoms with Crippen LogP contribution >= 0.6 is 11.8 Å². The SMILES string of the molecule is COc1ccccc1SCC1OC(c2cccc(-c3cccc(CNS(=O)(=O)c4ccccc4)c3)c2)OC(c2ccc(CO)cc2)C1C. The summed E-state index contributed by atoms with van der Waals surface area (Å²) >= 11 is 1.70. The second kappa shape index (κ2) is 15.5. The molecule has 0 radical (unpaired) electrons. The summed E-state index contributed by atoms with van der Waals surface area (Å²) in [7, 11) is -1.95. The van der Waals surface area contributed by atoms with E-state index in [1.165, 1.54) is 0 Å². The van der Waals surface area contributed by atoms with Crippen LogP contribution in [0.25, 0.3) is 11.1 Å². The van der Waals surface area contributed by atoms with Crippen molar-refractivity contribution < 1.29 is 27.7 Å². The number of nitrogens with one attached hydrogen (secondary N) is 1. The molecular weight excluding hydrogens is 643 g/mol. The first kappa shape index (κ1) is 33.9. The van der Waals surface area contributed by atoms with Crippen LogP contribution in [0, 0.1) is 5.92 Å². The average Bonchev–Trinajstić information content (AvgIpc) is 3.14. The fraction of sp³-hybridized carbons (Fsp3) is 0.231. The lowest BCUT2D eigenvalue weighted by Crippen LogP contribution is -2.38. The van der Waals surface area contributed by atoms with Crippen molar-refractivity contribution in [1.29, 1.82) is 0 Å². The van der Waals surface area contributed by atoms with Crippen LogP contribution in [0.5, 0.6) is 5.75 Å². The molecule has 0 spiro atoms. The topological polar surface area (TPSA) is 94.1 Å². The van der Waals surface area contributed by atoms with E-state index in [0.29, 0.717) is 5.75 Å². The van der Waals surface area contributed by atoms with E-state index in [1.54, 1.807) is 49.2 Å². The number of methoxy groups -OCH3 is 1. The van der Waals surface area contributed by atoms with Crippen LogP contribution < -0.4 is 9.46 Å². The van der Waals surface area contributed by atoms with Crippen molar-refractivity contribution in [3.8, 4) is 16.9 Å². The van der Waals surface area contributed by atoms with Crippen molar-refractivity contribution in [3.63, 3.8) is 0 Å². The van der Waals surface area contributed by atoms with E-state index in [1.807, 2.05) is 84.9 Å². The molecule has 0 aromatic heterocycles. The summed E-state index contributed by atoms with van der Waals surface area (Å²) < 4.78 is 47.3. The molecule has 6 rings (SSSR count). The highest BCUT2D eigenvalue weighted by Crippen LogP contribution is 2.44. The Labute approximate surface area is 287 Å². The molecule has 1 fully saturated rings. The van der Waals surface area contributed by atoms with Crippen LogP contribution in [0.4, 0.5) is 0 Å². The molecule has 2 N–H and O–H groups in total. The summed E-state index contributed by atoms with van der Waals surface area (Å²) in [4.78, 5) is 1.29. The summed E-state index contributed by atoms with van der Waals surface area (Å²) in [6.07, 6.45) is -0.983. The number of hydrogen-bond acceptors (Lipinski definition) is 7. The molecule has 0 bridgehead atoms. The Kier molecular flexibility index (Phi) is 11.0. The summed E-state index contributed by atoms with van der Waals surface area (Å²) in [5.74, 6) is 1.58. The van der Waals surface area contributed by atoms with E-state index >= 15 is 0 Å². The van der Waals surface area contributed by atoms with Crippen LogP contribution in [0.1, 0.15) is 41.6 Å². The smallest absolute Gasteiger partial charge is 0.240 e. The molecule has 5 aromatic rings. The van der Waals surface area contributed by atoms with Crippen molar-refractivity contribution in [2.75, 3.05) is 12.9 Å². The number of benzene rings is 5. The largest absolute Gasteiger partial charge is 0.496 e. The third-order valence-corrected chi connectivity index (χ3v) is 11.1. The van der Waals surface area contributed by atoms with Gasteiger partial charge in [-0.15, -0.1) is 11.8 Å². The minimum absolute atomic E-state index is 0.0157. The van der Waals surface area contributed by atoms with Gasteiger partial charge in [-0.05, 0) is 64.2 Å². The first-order valence-corrected chi connectivity index (χ1v) is 18.3. The molecule has 0 amide bonds. The Bertz CT molecular complexity index is 1920. The summed E-state index contributed by atoms with van der Waals surface area (Å²) in [5.41, 5.74) is 5.53. The van der Waals surface area contributed by atoms with Gasteiger partial charge in [-0.3, -0.25) is 0 Å². The fourth-order valence-corrected chi connectivity index (χ4v) is 8.04. The van der Waals surface area contributed by atoms with Crippen LogP contribution in [-0.4, -0.2) is 32.5 Å². The molecule has 248 valence electrons. The maximum atomic E-state index is 12.8. The second-order valence-corrected chi connectivity index (χ2v) is 14.6. The molecule has 1 heterocycles. The Hall–Kier alpha value is -3.96. The highest BCUT2D eigenvalue weighted by molar-refractivity contribution is 7.99. The fourth-order valence-electron chi connectivity index (χ4n) is 5.81. The van der Waals surface area contributed by atoms with Gasteiger partial charge in [0, 0.05) is 28.7 Å². The normalized spacial score (nSPS) is 19.6. The molecule has 5 aromatic carbocycles. The van der Waals surface area contributed by atoms with Gasteiger partial charge in [-0.25, -0.2) is 13.1 Å². The van der Waals surface area contributed by atoms with Crippen molar-refractivity contribution in [3.05, 3.63) is 150 Å². The Balaban J connectivity index is 1.24. The summed E-state index contributed by atoms with van der Waals surface area (Å²) in [6.45, 7) is 2.31. The van der Waals surface area contributed by atoms with Crippen molar-refractivity contribution in [2.24, 2.45) is 5.92 Å². The van der Waals surface area contributed by atoms with Crippen molar-refractivity contribution >= 4 is 21.8 Å². The Morgan fingerprint density at radius 3 is 2.23 bits per heavy atom. The highest BCUT2D eigenvalue weighted by Gasteiger charge is 2.38. The van der Waals surface area contributed by atoms with E-state index in [2.05, 4.69) is 23.8 Å². The van der Waals surface area contributed by atoms with Gasteiger partial charge in [0.15, 0.2) is 6.29 Å². The number of aliphatic hydroxyl groups is 1. The lowest BCUT2D eigenvalue weighted by molar-refractivity contribution is -0.268. The van der Waals surface area contributed by atoms with Crippen molar-refractivity contribution in [1.82, 2.24) is 4.72 Å². The zero-order valence-electron chi connectivity index (χ0n) is 26.9. The lowest BCUT2D eigenvalue weighted by atomic mass is 9.91. The Morgan fingerprint density at radius 2 is 1.48 bits per heavy atom. The molecule has 1 aliphatic rings. The van der Waals surface area contributed by atoms with Gasteiger partial charge in [-0.1, -0.05) is 97.9 Å². The van der Waals surface area contributed by atoms with Crippen LogP contribution in [0.15, 0.2) is 137 Å². The molecular formula is C39H39NO6S2. The summed E-state index contributed by atoms with van der Waals surface area (Å²) in [6, 6.07) is 40.2. The standard InChI is InChI=1S/C39H39NO6S2/c1-27-36(26-47-37-17-7-6-16-35(37)44-2)45-39(46-38(27)30-20-18-28(25-41)19-21-30)33-13-9-12-32(23-33)31-11-8-10-29(22-31)24-40-48(42,43)34-14-4-3-5-15-34/h3-23,27,36,38-41H,24-26H2,1-2H3. The number of rotatable bonds is 12. The van der Waals surface area contributed by atoms with E-state index in [9.17, 15) is 13.5 Å². The van der Waals surface area contributed by atoms with Crippen LogP contribution in [0.2, 0.25) is 0 Å². The molecule has 4 atom stereocenters. The third-order valence-electron chi connectivity index (χ3n) is 8.53. The zero-order valence-corrected chi connectivity index (χ0v) is 28.5. The molecule has 0 aliphatic carbocycles. The van der Waals surface area contributed by atoms with Gasteiger partial charge in [-0.2, -0.15) is 0 Å². The maximum Gasteiger partial charge on any atom is 0.240 e. The first-order chi connectivity index (χ1) is 23.3. The van der Waals surface area contributed by atoms with Gasteiger partial charge in [0.1, 0.15) is 5.75 Å². The van der Waals surface area contributed by atoms with Gasteiger partial charge in [0.05, 0.1) is 30.8 Å². The predicted octanol–water partition coefficient (Wildman–Crippen LogP) is 7.92. The third kappa shape index (κ3) is 8.01. The first-order valence-electron chi connectivity index (χ1n) is 15.8. The molecule has 0 saturated carbocycles. The van der Waals surface area contributed by atoms with Gasteiger partial charge in [0.25, 0.3) is 0 Å². The maximum absolute atomic E-state index is 12.8. The number of hydrogen-bond donors (Lipinski definition) is 2. The highest BCUT2D eigenvalue weighted by atomic mass is 32.2. The number of sulfonamides is 1. The number of para-hydroxylation sites is 1. The zero-order chi connectivity index (χ0) is 33.5. The summed E-state index contributed by atoms with van der Waals surface area (Å²) in [5, 5.41) is 9.60. The molecule has 48 heavy (non-hydrogen) atoms.